The molecule has 24 heavy (non-hydrogen) atoms. The van der Waals surface area contributed by atoms with Crippen LogP contribution in [-0.4, -0.2) is 22.7 Å². The molecule has 1 aromatic rings. The highest BCUT2D eigenvalue weighted by Crippen LogP contribution is 2.41. The normalized spacial score (nSPS) is 23.5. The van der Waals surface area contributed by atoms with Gasteiger partial charge in [-0.2, -0.15) is 0 Å². The van der Waals surface area contributed by atoms with Crippen LogP contribution < -0.4 is 10.9 Å². The van der Waals surface area contributed by atoms with Gasteiger partial charge in [-0.05, 0) is 36.8 Å². The van der Waals surface area contributed by atoms with E-state index in [1.165, 1.54) is 0 Å². The molecule has 5 heteroatoms. The van der Waals surface area contributed by atoms with Crippen LogP contribution in [0.25, 0.3) is 0 Å². The van der Waals surface area contributed by atoms with E-state index in [4.69, 9.17) is 0 Å². The van der Waals surface area contributed by atoms with Crippen molar-refractivity contribution in [3.63, 3.8) is 0 Å². The molecule has 1 aliphatic carbocycles. The molecule has 0 radical (unpaired) electrons. The van der Waals surface area contributed by atoms with E-state index in [-0.39, 0.29) is 35.0 Å². The summed E-state index contributed by atoms with van der Waals surface area (Å²) in [5, 5.41) is 0. The Hall–Kier alpha value is -2.01. The molecule has 0 unspecified atom stereocenters. The maximum atomic E-state index is 12.8. The minimum atomic E-state index is -0.231. The monoisotopic (exact) mass is 329 g/mol. The van der Waals surface area contributed by atoms with Crippen molar-refractivity contribution in [1.82, 2.24) is 15.8 Å². The highest BCUT2D eigenvalue weighted by molar-refractivity contribution is 5.93. The maximum absolute atomic E-state index is 12.8. The number of hydrazine groups is 1. The zero-order chi connectivity index (χ0) is 17.7. The van der Waals surface area contributed by atoms with Crippen LogP contribution in [0.4, 0.5) is 0 Å². The molecule has 1 heterocycles. The first-order valence-corrected chi connectivity index (χ1v) is 8.46. The predicted octanol–water partition coefficient (Wildman–Crippen LogP) is 2.90. The zero-order valence-electron chi connectivity index (χ0n) is 14.9. The number of carbonyl (C=O) groups excluding carboxylic acids is 2. The molecule has 0 aliphatic heterocycles. The summed E-state index contributed by atoms with van der Waals surface area (Å²) in [6.45, 7) is 8.31. The van der Waals surface area contributed by atoms with E-state index in [9.17, 15) is 9.59 Å². The number of hydrogen-bond donors (Lipinski definition) is 2. The Kier molecular flexibility index (Phi) is 5.89. The number of amides is 1. The van der Waals surface area contributed by atoms with Crippen LogP contribution in [0.2, 0.25) is 0 Å². The lowest BCUT2D eigenvalue weighted by atomic mass is 9.65. The molecule has 3 atom stereocenters. The first kappa shape index (κ1) is 18.3. The number of allylic oxidation sites excluding steroid dienone is 2. The number of Topliss-reactive ketones (excluding diaryl/α,β-unsaturated/α-hetero) is 1. The van der Waals surface area contributed by atoms with Crippen LogP contribution >= 0.6 is 0 Å². The zero-order valence-corrected chi connectivity index (χ0v) is 14.9. The molecular weight excluding hydrogens is 302 g/mol. The Labute approximate surface area is 143 Å². The summed E-state index contributed by atoms with van der Waals surface area (Å²) in [5.41, 5.74) is 6.10. The van der Waals surface area contributed by atoms with Gasteiger partial charge in [-0.25, -0.2) is 5.43 Å². The summed E-state index contributed by atoms with van der Waals surface area (Å²) in [4.78, 5) is 28.6. The Morgan fingerprint density at radius 1 is 1.33 bits per heavy atom. The van der Waals surface area contributed by atoms with E-state index < -0.39 is 0 Å². The number of nitrogens with zero attached hydrogens (tertiary/aromatic N) is 1. The van der Waals surface area contributed by atoms with Crippen LogP contribution in [0.1, 0.15) is 50.9 Å². The quantitative estimate of drug-likeness (QED) is 0.622. The molecule has 1 amide bonds. The standard InChI is InChI=1S/C19H27N3O2/c1-13-6-5-9-19(3,4)17(13)16(23)12-14(2)21-22-18(24)15-7-10-20-11-8-15/h5-8,10-11,13-14,17,21H,9,12H2,1-4H3,(H,22,24)/t13-,14-,17+/m1/s1. The van der Waals surface area contributed by atoms with Crippen molar-refractivity contribution in [2.45, 2.75) is 46.6 Å². The van der Waals surface area contributed by atoms with Crippen LogP contribution in [0.5, 0.6) is 0 Å². The third-order valence-electron chi connectivity index (χ3n) is 4.68. The number of ketones is 1. The molecule has 0 bridgehead atoms. The molecule has 1 aromatic heterocycles. The average Bonchev–Trinajstić information content (AvgIpc) is 2.52. The van der Waals surface area contributed by atoms with Crippen molar-refractivity contribution in [2.24, 2.45) is 17.3 Å². The fourth-order valence-electron chi connectivity index (χ4n) is 3.51. The van der Waals surface area contributed by atoms with Gasteiger partial charge in [-0.15, -0.1) is 0 Å². The summed E-state index contributed by atoms with van der Waals surface area (Å²) < 4.78 is 0. The molecule has 0 saturated heterocycles. The number of hydrogen-bond acceptors (Lipinski definition) is 4. The number of pyridine rings is 1. The van der Waals surface area contributed by atoms with Gasteiger partial charge in [0, 0.05) is 36.3 Å². The van der Waals surface area contributed by atoms with E-state index in [0.717, 1.165) is 6.42 Å². The number of nitrogens with one attached hydrogen (secondary N) is 2. The molecular formula is C19H27N3O2. The van der Waals surface area contributed by atoms with Crippen LogP contribution in [0.15, 0.2) is 36.7 Å². The minimum Gasteiger partial charge on any atom is -0.299 e. The minimum absolute atomic E-state index is 0.0163. The highest BCUT2D eigenvalue weighted by atomic mass is 16.2. The summed E-state index contributed by atoms with van der Waals surface area (Å²) in [5.74, 6) is 0.281. The first-order valence-electron chi connectivity index (χ1n) is 8.46. The molecule has 0 spiro atoms. The number of rotatable bonds is 6. The van der Waals surface area contributed by atoms with Crippen LogP contribution in [0, 0.1) is 17.3 Å². The van der Waals surface area contributed by atoms with Crippen molar-refractivity contribution < 1.29 is 9.59 Å². The highest BCUT2D eigenvalue weighted by Gasteiger charge is 2.39. The molecule has 2 N–H and O–H groups in total. The second kappa shape index (κ2) is 7.71. The molecule has 0 aromatic carbocycles. The summed E-state index contributed by atoms with van der Waals surface area (Å²) in [6, 6.07) is 3.16. The largest absolute Gasteiger partial charge is 0.299 e. The van der Waals surface area contributed by atoms with Gasteiger partial charge in [0.1, 0.15) is 5.78 Å². The molecule has 0 fully saturated rings. The summed E-state index contributed by atoms with van der Waals surface area (Å²) in [7, 11) is 0. The van der Waals surface area contributed by atoms with E-state index in [1.54, 1.807) is 24.5 Å². The van der Waals surface area contributed by atoms with E-state index in [0.29, 0.717) is 12.0 Å². The molecule has 1 aliphatic rings. The average molecular weight is 329 g/mol. The van der Waals surface area contributed by atoms with Crippen molar-refractivity contribution in [3.8, 4) is 0 Å². The summed E-state index contributed by atoms with van der Waals surface area (Å²) >= 11 is 0. The maximum Gasteiger partial charge on any atom is 0.265 e. The number of aromatic nitrogens is 1. The van der Waals surface area contributed by atoms with Gasteiger partial charge in [0.2, 0.25) is 0 Å². The lowest BCUT2D eigenvalue weighted by molar-refractivity contribution is -0.128. The van der Waals surface area contributed by atoms with Crippen LogP contribution in [0.3, 0.4) is 0 Å². The molecule has 5 nitrogen and oxygen atoms in total. The van der Waals surface area contributed by atoms with Crippen molar-refractivity contribution in [1.29, 1.82) is 0 Å². The van der Waals surface area contributed by atoms with E-state index >= 15 is 0 Å². The third kappa shape index (κ3) is 4.51. The van der Waals surface area contributed by atoms with Gasteiger partial charge in [0.15, 0.2) is 0 Å². The van der Waals surface area contributed by atoms with E-state index in [1.807, 2.05) is 6.92 Å². The fraction of sp³-hybridized carbons (Fsp3) is 0.526. The van der Waals surface area contributed by atoms with Gasteiger partial charge in [-0.1, -0.05) is 32.9 Å². The SMILES string of the molecule is C[C@H](CC(=O)[C@@H]1[C@H](C)C=CCC1(C)C)NNC(=O)c1ccncc1. The van der Waals surface area contributed by atoms with E-state index in [2.05, 4.69) is 48.8 Å². The Morgan fingerprint density at radius 2 is 2.00 bits per heavy atom. The second-order valence-corrected chi connectivity index (χ2v) is 7.36. The van der Waals surface area contributed by atoms with Gasteiger partial charge in [-0.3, -0.25) is 20.0 Å². The van der Waals surface area contributed by atoms with Gasteiger partial charge < -0.3 is 0 Å². The smallest absolute Gasteiger partial charge is 0.265 e. The Balaban J connectivity index is 1.88. The third-order valence-corrected chi connectivity index (χ3v) is 4.68. The van der Waals surface area contributed by atoms with Gasteiger partial charge in [0.05, 0.1) is 0 Å². The van der Waals surface area contributed by atoms with Gasteiger partial charge in [0.25, 0.3) is 5.91 Å². The topological polar surface area (TPSA) is 71.1 Å². The van der Waals surface area contributed by atoms with Crippen molar-refractivity contribution in [2.75, 3.05) is 0 Å². The molecule has 2 rings (SSSR count). The van der Waals surface area contributed by atoms with Crippen LogP contribution in [-0.2, 0) is 4.79 Å². The number of carbonyl (C=O) groups is 2. The van der Waals surface area contributed by atoms with Crippen molar-refractivity contribution >= 4 is 11.7 Å². The fourth-order valence-corrected chi connectivity index (χ4v) is 3.51. The Bertz CT molecular complexity index is 610. The molecule has 0 saturated carbocycles. The van der Waals surface area contributed by atoms with Crippen molar-refractivity contribution in [3.05, 3.63) is 42.2 Å². The lowest BCUT2D eigenvalue weighted by Gasteiger charge is -2.39. The lowest BCUT2D eigenvalue weighted by Crippen LogP contribution is -2.46. The predicted molar refractivity (Wildman–Crippen MR) is 94.1 cm³/mol. The van der Waals surface area contributed by atoms with Gasteiger partial charge >= 0.3 is 0 Å². The second-order valence-electron chi connectivity index (χ2n) is 7.36. The first-order chi connectivity index (χ1) is 11.3. The summed E-state index contributed by atoms with van der Waals surface area (Å²) in [6.07, 6.45) is 8.77. The molecule has 130 valence electrons. The Morgan fingerprint density at radius 3 is 2.62 bits per heavy atom.